The molecule has 0 saturated carbocycles. The van der Waals surface area contributed by atoms with E-state index in [1.807, 2.05) is 6.07 Å². The molecule has 0 atom stereocenters. The van der Waals surface area contributed by atoms with Crippen LogP contribution in [-0.2, 0) is 21.2 Å². The number of nitriles is 1. The van der Waals surface area contributed by atoms with Crippen molar-refractivity contribution in [3.8, 4) is 6.07 Å². The van der Waals surface area contributed by atoms with Crippen molar-refractivity contribution in [1.82, 2.24) is 5.32 Å². The summed E-state index contributed by atoms with van der Waals surface area (Å²) in [5.74, 6) is -0.706. The Morgan fingerprint density at radius 2 is 2.28 bits per heavy atom. The van der Waals surface area contributed by atoms with E-state index < -0.39 is 21.5 Å². The van der Waals surface area contributed by atoms with E-state index in [0.717, 1.165) is 0 Å². The van der Waals surface area contributed by atoms with Gasteiger partial charge in [-0.2, -0.15) is 5.26 Å². The predicted molar refractivity (Wildman–Crippen MR) is 64.1 cm³/mol. The second-order valence-corrected chi connectivity index (χ2v) is 5.89. The van der Waals surface area contributed by atoms with Gasteiger partial charge in [-0.05, 0) is 18.6 Å². The summed E-state index contributed by atoms with van der Waals surface area (Å²) in [5.41, 5.74) is 0. The first-order valence-electron chi connectivity index (χ1n) is 5.40. The Kier molecular flexibility index (Phi) is 5.39. The summed E-state index contributed by atoms with van der Waals surface area (Å²) in [4.78, 5) is 11.4. The highest BCUT2D eigenvalue weighted by molar-refractivity contribution is 7.92. The lowest BCUT2D eigenvalue weighted by atomic mass is 10.4. The van der Waals surface area contributed by atoms with Gasteiger partial charge >= 0.3 is 0 Å². The predicted octanol–water partition coefficient (Wildman–Crippen LogP) is 0.614. The summed E-state index contributed by atoms with van der Waals surface area (Å²) in [6.07, 6.45) is 1.90. The van der Waals surface area contributed by atoms with Gasteiger partial charge in [0.25, 0.3) is 0 Å². The molecule has 7 heteroatoms. The number of unbranched alkanes of at least 4 members (excludes halogenated alkanes) is 1. The molecule has 98 valence electrons. The van der Waals surface area contributed by atoms with Crippen LogP contribution in [0.15, 0.2) is 22.8 Å². The second-order valence-electron chi connectivity index (χ2n) is 3.71. The largest absolute Gasteiger partial charge is 0.467 e. The third kappa shape index (κ3) is 5.50. The van der Waals surface area contributed by atoms with Crippen molar-refractivity contribution in [2.75, 3.05) is 11.5 Å². The van der Waals surface area contributed by atoms with Gasteiger partial charge in [-0.3, -0.25) is 4.79 Å². The van der Waals surface area contributed by atoms with Crippen LogP contribution in [-0.4, -0.2) is 25.8 Å². The minimum absolute atomic E-state index is 0.144. The second kappa shape index (κ2) is 6.81. The lowest BCUT2D eigenvalue weighted by molar-refractivity contribution is -0.118. The summed E-state index contributed by atoms with van der Waals surface area (Å²) in [7, 11) is -3.44. The molecule has 0 spiro atoms. The summed E-state index contributed by atoms with van der Waals surface area (Å²) >= 11 is 0. The number of rotatable bonds is 7. The van der Waals surface area contributed by atoms with E-state index in [0.29, 0.717) is 5.76 Å². The van der Waals surface area contributed by atoms with Crippen molar-refractivity contribution in [3.63, 3.8) is 0 Å². The van der Waals surface area contributed by atoms with Crippen molar-refractivity contribution in [1.29, 1.82) is 5.26 Å². The highest BCUT2D eigenvalue weighted by Crippen LogP contribution is 2.00. The van der Waals surface area contributed by atoms with Gasteiger partial charge in [-0.25, -0.2) is 8.42 Å². The van der Waals surface area contributed by atoms with Gasteiger partial charge in [0.1, 0.15) is 11.5 Å². The fourth-order valence-electron chi connectivity index (χ4n) is 1.29. The average Bonchev–Trinajstić information content (AvgIpc) is 2.78. The van der Waals surface area contributed by atoms with E-state index in [4.69, 9.17) is 9.68 Å². The van der Waals surface area contributed by atoms with Crippen LogP contribution in [0.1, 0.15) is 18.6 Å². The lowest BCUT2D eigenvalue weighted by Gasteiger charge is -2.04. The molecule has 0 saturated heterocycles. The molecule has 0 aliphatic rings. The number of carbonyl (C=O) groups is 1. The minimum Gasteiger partial charge on any atom is -0.467 e. The van der Waals surface area contributed by atoms with Crippen LogP contribution >= 0.6 is 0 Å². The third-order valence-corrected chi connectivity index (χ3v) is 3.75. The first-order chi connectivity index (χ1) is 8.53. The summed E-state index contributed by atoms with van der Waals surface area (Å²) in [6, 6.07) is 5.22. The molecular formula is C11H14N2O4S. The van der Waals surface area contributed by atoms with Crippen LogP contribution < -0.4 is 5.32 Å². The normalized spacial score (nSPS) is 10.8. The zero-order valence-corrected chi connectivity index (χ0v) is 10.6. The third-order valence-electron chi connectivity index (χ3n) is 2.13. The monoisotopic (exact) mass is 270 g/mol. The van der Waals surface area contributed by atoms with Crippen molar-refractivity contribution in [3.05, 3.63) is 24.2 Å². The molecule has 1 aromatic rings. The SMILES string of the molecule is N#CCCCS(=O)(=O)CC(=O)NCc1ccco1. The van der Waals surface area contributed by atoms with Crippen molar-refractivity contribution < 1.29 is 17.6 Å². The summed E-state index contributed by atoms with van der Waals surface area (Å²) in [6.45, 7) is 0.166. The van der Waals surface area contributed by atoms with E-state index in [1.165, 1.54) is 6.26 Å². The molecule has 0 radical (unpaired) electrons. The number of nitrogens with zero attached hydrogens (tertiary/aromatic N) is 1. The number of amides is 1. The molecule has 0 aromatic carbocycles. The zero-order valence-electron chi connectivity index (χ0n) is 9.76. The molecule has 1 heterocycles. The number of nitrogens with one attached hydrogen (secondary N) is 1. The quantitative estimate of drug-likeness (QED) is 0.732. The summed E-state index contributed by atoms with van der Waals surface area (Å²) in [5, 5.41) is 10.8. The van der Waals surface area contributed by atoms with Crippen LogP contribution in [0.4, 0.5) is 0 Å². The first kappa shape index (κ1) is 14.3. The average molecular weight is 270 g/mol. The van der Waals surface area contributed by atoms with Gasteiger partial charge in [0.2, 0.25) is 5.91 Å². The number of hydrogen-bond donors (Lipinski definition) is 1. The smallest absolute Gasteiger partial charge is 0.235 e. The minimum atomic E-state index is -3.44. The Morgan fingerprint density at radius 1 is 1.50 bits per heavy atom. The van der Waals surface area contributed by atoms with Crippen LogP contribution in [0.3, 0.4) is 0 Å². The van der Waals surface area contributed by atoms with Crippen molar-refractivity contribution in [2.45, 2.75) is 19.4 Å². The van der Waals surface area contributed by atoms with E-state index in [9.17, 15) is 13.2 Å². The van der Waals surface area contributed by atoms with Gasteiger partial charge < -0.3 is 9.73 Å². The maximum absolute atomic E-state index is 11.5. The fourth-order valence-corrected chi connectivity index (χ4v) is 2.52. The Balaban J connectivity index is 2.33. The molecule has 18 heavy (non-hydrogen) atoms. The number of sulfone groups is 1. The van der Waals surface area contributed by atoms with Gasteiger partial charge in [0.15, 0.2) is 9.84 Å². The highest BCUT2D eigenvalue weighted by Gasteiger charge is 2.16. The number of hydrogen-bond acceptors (Lipinski definition) is 5. The van der Waals surface area contributed by atoms with Gasteiger partial charge in [0.05, 0.1) is 24.6 Å². The Labute approximate surface area is 106 Å². The van der Waals surface area contributed by atoms with Crippen molar-refractivity contribution in [2.24, 2.45) is 0 Å². The van der Waals surface area contributed by atoms with Gasteiger partial charge in [-0.15, -0.1) is 0 Å². The van der Waals surface area contributed by atoms with Crippen LogP contribution in [0.5, 0.6) is 0 Å². The van der Waals surface area contributed by atoms with E-state index in [2.05, 4.69) is 5.32 Å². The lowest BCUT2D eigenvalue weighted by Crippen LogP contribution is -2.30. The van der Waals surface area contributed by atoms with Crippen LogP contribution in [0.25, 0.3) is 0 Å². The van der Waals surface area contributed by atoms with E-state index in [1.54, 1.807) is 12.1 Å². The zero-order chi connectivity index (χ0) is 13.4. The topological polar surface area (TPSA) is 100 Å². The molecule has 1 aromatic heterocycles. The van der Waals surface area contributed by atoms with E-state index in [-0.39, 0.29) is 25.1 Å². The van der Waals surface area contributed by atoms with Crippen LogP contribution in [0.2, 0.25) is 0 Å². The highest BCUT2D eigenvalue weighted by atomic mass is 32.2. The molecule has 0 unspecified atom stereocenters. The molecular weight excluding hydrogens is 256 g/mol. The van der Waals surface area contributed by atoms with E-state index >= 15 is 0 Å². The Hall–Kier alpha value is -1.81. The standard InChI is InChI=1S/C11H14N2O4S/c12-5-1-2-7-18(15,16)9-11(14)13-8-10-4-3-6-17-10/h3-4,6H,1-2,7-9H2,(H,13,14). The molecule has 6 nitrogen and oxygen atoms in total. The fraction of sp³-hybridized carbons (Fsp3) is 0.455. The molecule has 1 N–H and O–H groups in total. The summed E-state index contributed by atoms with van der Waals surface area (Å²) < 4.78 is 28.0. The molecule has 0 aliphatic heterocycles. The van der Waals surface area contributed by atoms with Gasteiger partial charge in [0, 0.05) is 6.42 Å². The Morgan fingerprint density at radius 3 is 2.89 bits per heavy atom. The van der Waals surface area contributed by atoms with Crippen LogP contribution in [0, 0.1) is 11.3 Å². The number of furan rings is 1. The Bertz CT molecular complexity index is 514. The molecule has 1 amide bonds. The van der Waals surface area contributed by atoms with Crippen molar-refractivity contribution >= 4 is 15.7 Å². The molecule has 1 rings (SSSR count). The number of carbonyl (C=O) groups excluding carboxylic acids is 1. The molecule has 0 bridgehead atoms. The molecule has 0 fully saturated rings. The maximum atomic E-state index is 11.5. The first-order valence-corrected chi connectivity index (χ1v) is 7.22. The van der Waals surface area contributed by atoms with Gasteiger partial charge in [-0.1, -0.05) is 0 Å². The molecule has 0 aliphatic carbocycles. The maximum Gasteiger partial charge on any atom is 0.235 e.